The summed E-state index contributed by atoms with van der Waals surface area (Å²) in [4.78, 5) is 15.1. The molecular weight excluding hydrogens is 350 g/mol. The van der Waals surface area contributed by atoms with Gasteiger partial charge in [0.2, 0.25) is 5.91 Å². The van der Waals surface area contributed by atoms with Gasteiger partial charge in [0.05, 0.1) is 6.04 Å². The number of carbonyl (C=O) groups excluding carboxylic acids is 1. The number of hydrogen-bond donors (Lipinski definition) is 2. The van der Waals surface area contributed by atoms with Crippen molar-refractivity contribution in [3.63, 3.8) is 0 Å². The Kier molecular flexibility index (Phi) is 5.84. The lowest BCUT2D eigenvalue weighted by Crippen LogP contribution is -2.55. The van der Waals surface area contributed by atoms with Gasteiger partial charge in [-0.3, -0.25) is 9.69 Å². The maximum Gasteiger partial charge on any atom is 0.238 e. The Balaban J connectivity index is 1.88. The van der Waals surface area contributed by atoms with E-state index in [0.29, 0.717) is 25.2 Å². The fraction of sp³-hybridized carbons (Fsp3) is 0.391. The topological polar surface area (TPSA) is 64.9 Å². The van der Waals surface area contributed by atoms with Crippen LogP contribution < -0.4 is 5.32 Å². The molecule has 0 aromatic heterocycles. The molecule has 2 aromatic rings. The van der Waals surface area contributed by atoms with Crippen LogP contribution in [0.2, 0.25) is 0 Å². The molecule has 2 aromatic carbocycles. The van der Waals surface area contributed by atoms with Gasteiger partial charge in [0, 0.05) is 24.2 Å². The zero-order chi connectivity index (χ0) is 20.3. The molecule has 0 saturated heterocycles. The number of oxime groups is 1. The average molecular weight is 380 g/mol. The third-order valence-electron chi connectivity index (χ3n) is 5.01. The SMILES string of the molecule is Cc1ccc(/C(CN2Cc3ccccc3C[C@H]2C(=O)NC(C)(C)C)=N/O)cc1. The molecule has 148 valence electrons. The third kappa shape index (κ3) is 4.78. The fourth-order valence-electron chi connectivity index (χ4n) is 3.57. The minimum absolute atomic E-state index is 0.00296. The van der Waals surface area contributed by atoms with Crippen molar-refractivity contribution in [2.45, 2.75) is 52.2 Å². The molecule has 5 nitrogen and oxygen atoms in total. The van der Waals surface area contributed by atoms with Crippen LogP contribution in [0.15, 0.2) is 53.7 Å². The summed E-state index contributed by atoms with van der Waals surface area (Å²) < 4.78 is 0. The van der Waals surface area contributed by atoms with E-state index in [1.165, 1.54) is 11.1 Å². The first kappa shape index (κ1) is 20.1. The molecule has 1 aliphatic heterocycles. The van der Waals surface area contributed by atoms with Crippen LogP contribution in [0.3, 0.4) is 0 Å². The van der Waals surface area contributed by atoms with Crippen LogP contribution in [0.4, 0.5) is 0 Å². The summed E-state index contributed by atoms with van der Waals surface area (Å²) in [6, 6.07) is 15.8. The minimum Gasteiger partial charge on any atom is -0.411 e. The van der Waals surface area contributed by atoms with Gasteiger partial charge in [-0.2, -0.15) is 0 Å². The lowest BCUT2D eigenvalue weighted by molar-refractivity contribution is -0.128. The number of fused-ring (bicyclic) bond motifs is 1. The maximum absolute atomic E-state index is 13.0. The van der Waals surface area contributed by atoms with E-state index in [2.05, 4.69) is 27.5 Å². The molecule has 1 atom stereocenters. The molecule has 0 saturated carbocycles. The molecule has 2 N–H and O–H groups in total. The summed E-state index contributed by atoms with van der Waals surface area (Å²) in [6.45, 7) is 9.02. The number of nitrogens with zero attached hydrogens (tertiary/aromatic N) is 2. The number of hydrogen-bond acceptors (Lipinski definition) is 4. The van der Waals surface area contributed by atoms with Crippen molar-refractivity contribution in [1.82, 2.24) is 10.2 Å². The Morgan fingerprint density at radius 1 is 1.14 bits per heavy atom. The van der Waals surface area contributed by atoms with E-state index < -0.39 is 0 Å². The molecule has 1 amide bonds. The van der Waals surface area contributed by atoms with Crippen molar-refractivity contribution in [3.8, 4) is 0 Å². The monoisotopic (exact) mass is 379 g/mol. The summed E-state index contributed by atoms with van der Waals surface area (Å²) in [7, 11) is 0. The summed E-state index contributed by atoms with van der Waals surface area (Å²) in [6.07, 6.45) is 0.644. The molecule has 1 aliphatic rings. The molecule has 1 heterocycles. The third-order valence-corrected chi connectivity index (χ3v) is 5.01. The lowest BCUT2D eigenvalue weighted by atomic mass is 9.92. The predicted molar refractivity (Wildman–Crippen MR) is 112 cm³/mol. The van der Waals surface area contributed by atoms with Crippen molar-refractivity contribution < 1.29 is 10.0 Å². The second-order valence-corrected chi connectivity index (χ2v) is 8.55. The molecule has 0 aliphatic carbocycles. The highest BCUT2D eigenvalue weighted by molar-refractivity contribution is 6.02. The first-order valence-corrected chi connectivity index (χ1v) is 9.67. The van der Waals surface area contributed by atoms with Crippen LogP contribution in [0.1, 0.15) is 43.0 Å². The smallest absolute Gasteiger partial charge is 0.238 e. The lowest BCUT2D eigenvalue weighted by Gasteiger charge is -2.37. The molecule has 28 heavy (non-hydrogen) atoms. The van der Waals surface area contributed by atoms with Crippen LogP contribution in [0.5, 0.6) is 0 Å². The quantitative estimate of drug-likeness (QED) is 0.485. The molecule has 0 spiro atoms. The Morgan fingerprint density at radius 3 is 2.39 bits per heavy atom. The van der Waals surface area contributed by atoms with E-state index in [1.807, 2.05) is 64.1 Å². The number of benzene rings is 2. The standard InChI is InChI=1S/C23H29N3O2/c1-16-9-11-17(12-10-16)20(25-28)15-26-14-19-8-6-5-7-18(19)13-21(26)22(27)24-23(2,3)4/h5-12,21,28H,13-15H2,1-4H3,(H,24,27)/b25-20+/t21-/m0/s1. The van der Waals surface area contributed by atoms with Gasteiger partial charge in [0.25, 0.3) is 0 Å². The minimum atomic E-state index is -0.309. The van der Waals surface area contributed by atoms with Crippen molar-refractivity contribution in [2.24, 2.45) is 5.16 Å². The Hall–Kier alpha value is -2.66. The largest absolute Gasteiger partial charge is 0.411 e. The second kappa shape index (κ2) is 8.15. The number of rotatable bonds is 4. The van der Waals surface area contributed by atoms with Gasteiger partial charge in [-0.25, -0.2) is 0 Å². The highest BCUT2D eigenvalue weighted by Gasteiger charge is 2.33. The molecule has 0 radical (unpaired) electrons. The summed E-state index contributed by atoms with van der Waals surface area (Å²) >= 11 is 0. The van der Waals surface area contributed by atoms with Crippen LogP contribution >= 0.6 is 0 Å². The van der Waals surface area contributed by atoms with Gasteiger partial charge in [0.15, 0.2) is 0 Å². The highest BCUT2D eigenvalue weighted by Crippen LogP contribution is 2.24. The molecule has 3 rings (SSSR count). The predicted octanol–water partition coefficient (Wildman–Crippen LogP) is 3.51. The molecule has 0 unspecified atom stereocenters. The Morgan fingerprint density at radius 2 is 1.79 bits per heavy atom. The van der Waals surface area contributed by atoms with Crippen molar-refractivity contribution in [1.29, 1.82) is 0 Å². The molecular formula is C23H29N3O2. The van der Waals surface area contributed by atoms with Crippen molar-refractivity contribution >= 4 is 11.6 Å². The van der Waals surface area contributed by atoms with E-state index in [-0.39, 0.29) is 17.5 Å². The Bertz CT molecular complexity index is 866. The Labute approximate surface area is 167 Å². The zero-order valence-corrected chi connectivity index (χ0v) is 17.1. The summed E-state index contributed by atoms with van der Waals surface area (Å²) in [5.74, 6) is 0.00296. The van der Waals surface area contributed by atoms with Crippen molar-refractivity contribution in [3.05, 3.63) is 70.8 Å². The summed E-state index contributed by atoms with van der Waals surface area (Å²) in [5, 5.41) is 16.3. The van der Waals surface area contributed by atoms with E-state index >= 15 is 0 Å². The van der Waals surface area contributed by atoms with E-state index in [9.17, 15) is 10.0 Å². The van der Waals surface area contributed by atoms with Crippen LogP contribution in [0, 0.1) is 6.92 Å². The van der Waals surface area contributed by atoms with Gasteiger partial charge in [-0.15, -0.1) is 0 Å². The first-order chi connectivity index (χ1) is 13.3. The highest BCUT2D eigenvalue weighted by atomic mass is 16.4. The average Bonchev–Trinajstić information content (AvgIpc) is 2.65. The number of carbonyl (C=O) groups is 1. The fourth-order valence-corrected chi connectivity index (χ4v) is 3.57. The number of aryl methyl sites for hydroxylation is 1. The second-order valence-electron chi connectivity index (χ2n) is 8.55. The van der Waals surface area contributed by atoms with Crippen molar-refractivity contribution in [2.75, 3.05) is 6.54 Å². The molecule has 0 bridgehead atoms. The van der Waals surface area contributed by atoms with Gasteiger partial charge in [0.1, 0.15) is 5.71 Å². The van der Waals surface area contributed by atoms with Crippen LogP contribution in [0.25, 0.3) is 0 Å². The van der Waals surface area contributed by atoms with Gasteiger partial charge < -0.3 is 10.5 Å². The summed E-state index contributed by atoms with van der Waals surface area (Å²) in [5.41, 5.74) is 4.68. The normalized spacial score (nSPS) is 17.9. The van der Waals surface area contributed by atoms with Crippen LogP contribution in [-0.2, 0) is 17.8 Å². The van der Waals surface area contributed by atoms with Gasteiger partial charge in [-0.1, -0.05) is 59.3 Å². The van der Waals surface area contributed by atoms with E-state index in [1.54, 1.807) is 0 Å². The first-order valence-electron chi connectivity index (χ1n) is 9.67. The molecule has 5 heteroatoms. The van der Waals surface area contributed by atoms with Gasteiger partial charge >= 0.3 is 0 Å². The van der Waals surface area contributed by atoms with E-state index in [0.717, 1.165) is 11.1 Å². The molecule has 0 fully saturated rings. The zero-order valence-electron chi connectivity index (χ0n) is 17.1. The number of nitrogens with one attached hydrogen (secondary N) is 1. The van der Waals surface area contributed by atoms with Gasteiger partial charge in [-0.05, 0) is 45.2 Å². The van der Waals surface area contributed by atoms with Crippen LogP contribution in [-0.4, -0.2) is 39.9 Å². The van der Waals surface area contributed by atoms with E-state index in [4.69, 9.17) is 0 Å². The maximum atomic E-state index is 13.0. The number of amides is 1.